The first-order valence-electron chi connectivity index (χ1n) is 8.60. The maximum atomic E-state index is 13.1. The fraction of sp³-hybridized carbons (Fsp3) is 0.286. The van der Waals surface area contributed by atoms with E-state index < -0.39 is 17.8 Å². The summed E-state index contributed by atoms with van der Waals surface area (Å²) < 4.78 is 16.8. The summed E-state index contributed by atoms with van der Waals surface area (Å²) in [6.07, 6.45) is -0.321. The molecule has 27 heavy (non-hydrogen) atoms. The third kappa shape index (κ3) is 2.60. The maximum Gasteiger partial charge on any atom is 0.226 e. The molecule has 6 heteroatoms. The van der Waals surface area contributed by atoms with Gasteiger partial charge in [0.2, 0.25) is 11.7 Å². The molecule has 2 heterocycles. The van der Waals surface area contributed by atoms with Gasteiger partial charge in [-0.3, -0.25) is 4.79 Å². The highest BCUT2D eigenvalue weighted by molar-refractivity contribution is 5.87. The van der Waals surface area contributed by atoms with Gasteiger partial charge in [-0.15, -0.1) is 0 Å². The van der Waals surface area contributed by atoms with Gasteiger partial charge < -0.3 is 24.1 Å². The van der Waals surface area contributed by atoms with Crippen molar-refractivity contribution < 1.29 is 24.1 Å². The van der Waals surface area contributed by atoms with Gasteiger partial charge in [-0.2, -0.15) is 0 Å². The molecule has 3 aromatic rings. The van der Waals surface area contributed by atoms with Crippen LogP contribution in [0.15, 0.2) is 51.9 Å². The van der Waals surface area contributed by atoms with Gasteiger partial charge in [0.25, 0.3) is 0 Å². The number of benzene rings is 2. The molecule has 0 amide bonds. The van der Waals surface area contributed by atoms with Gasteiger partial charge in [-0.25, -0.2) is 0 Å². The van der Waals surface area contributed by atoms with Gasteiger partial charge in [-0.05, 0) is 29.8 Å². The van der Waals surface area contributed by atoms with Crippen molar-refractivity contribution in [2.24, 2.45) is 0 Å². The SMILES string of the molecule is COC1Oc2ccc3c(=O)c(-c4ccc(O)cc4)coc3c2C(C)(C)C1O. The van der Waals surface area contributed by atoms with Crippen molar-refractivity contribution >= 4 is 11.0 Å². The second kappa shape index (κ2) is 6.11. The second-order valence-electron chi connectivity index (χ2n) is 7.23. The van der Waals surface area contributed by atoms with E-state index in [1.165, 1.54) is 25.5 Å². The molecule has 0 radical (unpaired) electrons. The molecule has 2 aromatic carbocycles. The molecule has 0 saturated heterocycles. The zero-order valence-electron chi connectivity index (χ0n) is 15.2. The Hall–Kier alpha value is -2.83. The summed E-state index contributed by atoms with van der Waals surface area (Å²) in [5.74, 6) is 0.642. The van der Waals surface area contributed by atoms with Crippen LogP contribution in [0.4, 0.5) is 0 Å². The fourth-order valence-corrected chi connectivity index (χ4v) is 3.59. The first-order chi connectivity index (χ1) is 12.8. The van der Waals surface area contributed by atoms with Crippen molar-refractivity contribution in [1.82, 2.24) is 0 Å². The van der Waals surface area contributed by atoms with Crippen LogP contribution in [0.25, 0.3) is 22.1 Å². The molecule has 6 nitrogen and oxygen atoms in total. The van der Waals surface area contributed by atoms with Crippen molar-refractivity contribution in [2.75, 3.05) is 7.11 Å². The summed E-state index contributed by atoms with van der Waals surface area (Å²) >= 11 is 0. The monoisotopic (exact) mass is 368 g/mol. The van der Waals surface area contributed by atoms with Crippen LogP contribution in [0.2, 0.25) is 0 Å². The molecule has 1 aliphatic heterocycles. The highest BCUT2D eigenvalue weighted by Gasteiger charge is 2.45. The van der Waals surface area contributed by atoms with Crippen LogP contribution >= 0.6 is 0 Å². The third-order valence-electron chi connectivity index (χ3n) is 5.20. The molecule has 0 saturated carbocycles. The van der Waals surface area contributed by atoms with Gasteiger partial charge in [0, 0.05) is 18.1 Å². The molecule has 0 bridgehead atoms. The highest BCUT2D eigenvalue weighted by Crippen LogP contribution is 2.44. The van der Waals surface area contributed by atoms with Crippen molar-refractivity contribution in [3.05, 3.63) is 58.4 Å². The van der Waals surface area contributed by atoms with Crippen LogP contribution in [0, 0.1) is 0 Å². The van der Waals surface area contributed by atoms with Crippen LogP contribution in [0.1, 0.15) is 19.4 Å². The molecule has 0 fully saturated rings. The summed E-state index contributed by atoms with van der Waals surface area (Å²) in [5, 5.41) is 20.5. The molecule has 0 aliphatic carbocycles. The number of phenolic OH excluding ortho intramolecular Hbond substituents is 1. The van der Waals surface area contributed by atoms with Crippen molar-refractivity contribution in [1.29, 1.82) is 0 Å². The van der Waals surface area contributed by atoms with Gasteiger partial charge >= 0.3 is 0 Å². The molecular formula is C21H20O6. The second-order valence-corrected chi connectivity index (χ2v) is 7.23. The van der Waals surface area contributed by atoms with E-state index in [2.05, 4.69) is 0 Å². The number of ether oxygens (including phenoxy) is 2. The number of hydrogen-bond acceptors (Lipinski definition) is 6. The Labute approximate surface area is 155 Å². The molecular weight excluding hydrogens is 348 g/mol. The summed E-state index contributed by atoms with van der Waals surface area (Å²) in [4.78, 5) is 13.1. The van der Waals surface area contributed by atoms with E-state index in [4.69, 9.17) is 13.9 Å². The Kier molecular flexibility index (Phi) is 3.98. The number of methoxy groups -OCH3 is 1. The predicted molar refractivity (Wildman–Crippen MR) is 100 cm³/mol. The highest BCUT2D eigenvalue weighted by atomic mass is 16.7. The summed E-state index contributed by atoms with van der Waals surface area (Å²) in [5.41, 5.74) is 1.13. The molecule has 0 spiro atoms. The Morgan fingerprint density at radius 2 is 1.81 bits per heavy atom. The third-order valence-corrected chi connectivity index (χ3v) is 5.20. The molecule has 140 valence electrons. The van der Waals surface area contributed by atoms with E-state index in [-0.39, 0.29) is 11.2 Å². The minimum Gasteiger partial charge on any atom is -0.508 e. The first-order valence-corrected chi connectivity index (χ1v) is 8.60. The van der Waals surface area contributed by atoms with Crippen molar-refractivity contribution in [3.8, 4) is 22.6 Å². The summed E-state index contributed by atoms with van der Waals surface area (Å²) in [7, 11) is 1.47. The number of fused-ring (bicyclic) bond motifs is 3. The molecule has 1 aliphatic rings. The normalized spacial score (nSPS) is 20.9. The molecule has 1 aromatic heterocycles. The first kappa shape index (κ1) is 17.6. The smallest absolute Gasteiger partial charge is 0.226 e. The van der Waals surface area contributed by atoms with Gasteiger partial charge in [0.05, 0.1) is 10.9 Å². The standard InChI is InChI=1S/C21H20O6/c1-21(2)16-15(27-20(25-3)19(21)24)9-8-13-17(23)14(10-26-18(13)16)11-4-6-12(22)7-5-11/h4-10,19-20,22,24H,1-3H3. The predicted octanol–water partition coefficient (Wildman–Crippen LogP) is 3.17. The Bertz CT molecular complexity index is 1060. The minimum absolute atomic E-state index is 0.124. The molecule has 2 N–H and O–H groups in total. The molecule has 2 atom stereocenters. The number of aliphatic hydroxyl groups is 1. The van der Waals surface area contributed by atoms with Gasteiger partial charge in [-0.1, -0.05) is 26.0 Å². The van der Waals surface area contributed by atoms with E-state index in [0.717, 1.165) is 0 Å². The largest absolute Gasteiger partial charge is 0.508 e. The molecule has 4 rings (SSSR count). The zero-order chi connectivity index (χ0) is 19.3. The lowest BCUT2D eigenvalue weighted by Gasteiger charge is -2.41. The minimum atomic E-state index is -0.928. The maximum absolute atomic E-state index is 13.1. The van der Waals surface area contributed by atoms with E-state index in [1.54, 1.807) is 24.3 Å². The van der Waals surface area contributed by atoms with Crippen LogP contribution in [-0.4, -0.2) is 29.7 Å². The lowest BCUT2D eigenvalue weighted by molar-refractivity contribution is -0.159. The van der Waals surface area contributed by atoms with Crippen molar-refractivity contribution in [2.45, 2.75) is 31.7 Å². The number of aliphatic hydroxyl groups excluding tert-OH is 1. The number of hydrogen-bond donors (Lipinski definition) is 2. The number of phenols is 1. The van der Waals surface area contributed by atoms with E-state index in [0.29, 0.717) is 33.4 Å². The average Bonchev–Trinajstić information content (AvgIpc) is 2.65. The lowest BCUT2D eigenvalue weighted by atomic mass is 9.76. The fourth-order valence-electron chi connectivity index (χ4n) is 3.59. The Balaban J connectivity index is 1.95. The van der Waals surface area contributed by atoms with Crippen LogP contribution < -0.4 is 10.2 Å². The molecule has 2 unspecified atom stereocenters. The van der Waals surface area contributed by atoms with E-state index in [9.17, 15) is 15.0 Å². The summed E-state index contributed by atoms with van der Waals surface area (Å²) in [6, 6.07) is 9.71. The van der Waals surface area contributed by atoms with Gasteiger partial charge in [0.1, 0.15) is 29.4 Å². The topological polar surface area (TPSA) is 89.1 Å². The summed E-state index contributed by atoms with van der Waals surface area (Å²) in [6.45, 7) is 3.72. The zero-order valence-corrected chi connectivity index (χ0v) is 15.2. The van der Waals surface area contributed by atoms with E-state index in [1.807, 2.05) is 13.8 Å². The number of rotatable bonds is 2. The van der Waals surface area contributed by atoms with Crippen molar-refractivity contribution in [3.63, 3.8) is 0 Å². The Morgan fingerprint density at radius 1 is 1.11 bits per heavy atom. The average molecular weight is 368 g/mol. The van der Waals surface area contributed by atoms with Gasteiger partial charge in [0.15, 0.2) is 0 Å². The number of aromatic hydroxyl groups is 1. The van der Waals surface area contributed by atoms with Crippen LogP contribution in [-0.2, 0) is 10.2 Å². The van der Waals surface area contributed by atoms with E-state index >= 15 is 0 Å². The Morgan fingerprint density at radius 3 is 2.48 bits per heavy atom. The lowest BCUT2D eigenvalue weighted by Crippen LogP contribution is -2.50. The quantitative estimate of drug-likeness (QED) is 0.722. The van der Waals surface area contributed by atoms with Crippen LogP contribution in [0.5, 0.6) is 11.5 Å². The van der Waals surface area contributed by atoms with Crippen LogP contribution in [0.3, 0.4) is 0 Å².